The number of rotatable bonds is 2. The van der Waals surface area contributed by atoms with Crippen LogP contribution in [-0.2, 0) is 21.3 Å². The molecule has 2 unspecified atom stereocenters. The quantitative estimate of drug-likeness (QED) is 0.820. The molecule has 2 aliphatic rings. The molecule has 0 radical (unpaired) electrons. The molecule has 2 saturated heterocycles. The van der Waals surface area contributed by atoms with Crippen LogP contribution in [0.3, 0.4) is 0 Å². The van der Waals surface area contributed by atoms with Crippen LogP contribution >= 0.6 is 0 Å². The van der Waals surface area contributed by atoms with Crippen molar-refractivity contribution >= 4 is 5.91 Å². The lowest BCUT2D eigenvalue weighted by Gasteiger charge is -2.38. The van der Waals surface area contributed by atoms with Gasteiger partial charge in [0, 0.05) is 32.1 Å². The third kappa shape index (κ3) is 2.60. The van der Waals surface area contributed by atoms with Gasteiger partial charge in [0.15, 0.2) is 0 Å². The standard InChI is InChI=1S/C15H22N2O3/c1-16-6-2-5-13(16)14-11-20-9-7-17(14)15(18)12-4-3-8-19-10-12/h2,5-6,12,14H,3-4,7-11H2,1H3. The Kier molecular flexibility index (Phi) is 4.08. The van der Waals surface area contributed by atoms with E-state index in [4.69, 9.17) is 9.47 Å². The summed E-state index contributed by atoms with van der Waals surface area (Å²) in [4.78, 5) is 14.7. The monoisotopic (exact) mass is 278 g/mol. The zero-order valence-electron chi connectivity index (χ0n) is 12.0. The number of amides is 1. The summed E-state index contributed by atoms with van der Waals surface area (Å²) in [6.07, 6.45) is 3.93. The highest BCUT2D eigenvalue weighted by atomic mass is 16.5. The van der Waals surface area contributed by atoms with Crippen molar-refractivity contribution in [3.8, 4) is 0 Å². The Labute approximate surface area is 119 Å². The van der Waals surface area contributed by atoms with Gasteiger partial charge in [-0.15, -0.1) is 0 Å². The highest BCUT2D eigenvalue weighted by molar-refractivity contribution is 5.79. The second-order valence-electron chi connectivity index (χ2n) is 5.58. The fourth-order valence-electron chi connectivity index (χ4n) is 3.10. The largest absolute Gasteiger partial charge is 0.381 e. The van der Waals surface area contributed by atoms with E-state index < -0.39 is 0 Å². The van der Waals surface area contributed by atoms with Crippen LogP contribution in [0.2, 0.25) is 0 Å². The lowest BCUT2D eigenvalue weighted by molar-refractivity contribution is -0.149. The molecule has 0 N–H and O–H groups in total. The molecule has 5 heteroatoms. The van der Waals surface area contributed by atoms with Crippen LogP contribution in [0.1, 0.15) is 24.6 Å². The molecule has 0 aromatic carbocycles. The van der Waals surface area contributed by atoms with E-state index in [1.165, 1.54) is 0 Å². The fourth-order valence-corrected chi connectivity index (χ4v) is 3.10. The molecular weight excluding hydrogens is 256 g/mol. The second-order valence-corrected chi connectivity index (χ2v) is 5.58. The van der Waals surface area contributed by atoms with Crippen molar-refractivity contribution in [1.29, 1.82) is 0 Å². The summed E-state index contributed by atoms with van der Waals surface area (Å²) in [6.45, 7) is 3.23. The van der Waals surface area contributed by atoms with Crippen LogP contribution in [0.4, 0.5) is 0 Å². The molecule has 2 aliphatic heterocycles. The Balaban J connectivity index is 1.78. The number of aromatic nitrogens is 1. The molecule has 110 valence electrons. The van der Waals surface area contributed by atoms with E-state index in [0.29, 0.717) is 26.4 Å². The van der Waals surface area contributed by atoms with E-state index in [9.17, 15) is 4.79 Å². The van der Waals surface area contributed by atoms with Crippen LogP contribution in [0.25, 0.3) is 0 Å². The molecule has 1 aromatic heterocycles. The van der Waals surface area contributed by atoms with Crippen molar-refractivity contribution < 1.29 is 14.3 Å². The summed E-state index contributed by atoms with van der Waals surface area (Å²) in [6, 6.07) is 4.10. The minimum atomic E-state index is 0.0182. The van der Waals surface area contributed by atoms with Crippen molar-refractivity contribution in [3.05, 3.63) is 24.0 Å². The zero-order valence-corrected chi connectivity index (χ0v) is 12.0. The zero-order chi connectivity index (χ0) is 13.9. The molecule has 20 heavy (non-hydrogen) atoms. The van der Waals surface area contributed by atoms with Crippen molar-refractivity contribution in [3.63, 3.8) is 0 Å². The third-order valence-electron chi connectivity index (χ3n) is 4.25. The predicted octanol–water partition coefficient (Wildman–Crippen LogP) is 1.35. The molecular formula is C15H22N2O3. The van der Waals surface area contributed by atoms with E-state index >= 15 is 0 Å². The van der Waals surface area contributed by atoms with Crippen LogP contribution in [-0.4, -0.2) is 48.3 Å². The summed E-state index contributed by atoms with van der Waals surface area (Å²) >= 11 is 0. The van der Waals surface area contributed by atoms with Crippen molar-refractivity contribution in [2.45, 2.75) is 18.9 Å². The Hall–Kier alpha value is -1.33. The first-order chi connectivity index (χ1) is 9.77. The van der Waals surface area contributed by atoms with Crippen LogP contribution < -0.4 is 0 Å². The fraction of sp³-hybridized carbons (Fsp3) is 0.667. The molecule has 1 amide bonds. The SMILES string of the molecule is Cn1cccc1C1COCCN1C(=O)C1CCCOC1. The van der Waals surface area contributed by atoms with Gasteiger partial charge >= 0.3 is 0 Å². The van der Waals surface area contributed by atoms with Crippen LogP contribution in [0.15, 0.2) is 18.3 Å². The van der Waals surface area contributed by atoms with Crippen molar-refractivity contribution in [2.75, 3.05) is 33.0 Å². The topological polar surface area (TPSA) is 43.7 Å². The highest BCUT2D eigenvalue weighted by Gasteiger charge is 2.34. The number of carbonyl (C=O) groups is 1. The Morgan fingerprint density at radius 3 is 2.85 bits per heavy atom. The number of aryl methyl sites for hydroxylation is 1. The number of hydrogen-bond donors (Lipinski definition) is 0. The maximum atomic E-state index is 12.8. The molecule has 1 aromatic rings. The predicted molar refractivity (Wildman–Crippen MR) is 74.2 cm³/mol. The molecule has 2 atom stereocenters. The third-order valence-corrected chi connectivity index (χ3v) is 4.25. The van der Waals surface area contributed by atoms with Gasteiger partial charge in [0.05, 0.1) is 31.8 Å². The first-order valence-electron chi connectivity index (χ1n) is 7.34. The lowest BCUT2D eigenvalue weighted by atomic mass is 9.99. The number of carbonyl (C=O) groups excluding carboxylic acids is 1. The minimum Gasteiger partial charge on any atom is -0.381 e. The molecule has 0 aliphatic carbocycles. The number of ether oxygens (including phenoxy) is 2. The van der Waals surface area contributed by atoms with Gasteiger partial charge in [-0.05, 0) is 25.0 Å². The molecule has 0 saturated carbocycles. The van der Waals surface area contributed by atoms with E-state index in [1.54, 1.807) is 0 Å². The van der Waals surface area contributed by atoms with Crippen molar-refractivity contribution in [2.24, 2.45) is 13.0 Å². The summed E-state index contributed by atoms with van der Waals surface area (Å²) in [5.74, 6) is 0.240. The summed E-state index contributed by atoms with van der Waals surface area (Å²) in [5, 5.41) is 0. The van der Waals surface area contributed by atoms with Gasteiger partial charge in [-0.1, -0.05) is 0 Å². The first-order valence-corrected chi connectivity index (χ1v) is 7.34. The molecule has 3 rings (SSSR count). The van der Waals surface area contributed by atoms with Gasteiger partial charge in [0.25, 0.3) is 0 Å². The van der Waals surface area contributed by atoms with Gasteiger partial charge in [0.1, 0.15) is 0 Å². The molecule has 0 spiro atoms. The number of morpholine rings is 1. The first kappa shape index (κ1) is 13.6. The van der Waals surface area contributed by atoms with E-state index in [2.05, 4.69) is 10.6 Å². The maximum absolute atomic E-state index is 12.8. The smallest absolute Gasteiger partial charge is 0.228 e. The summed E-state index contributed by atoms with van der Waals surface area (Å²) in [5.41, 5.74) is 1.13. The van der Waals surface area contributed by atoms with Gasteiger partial charge in [0.2, 0.25) is 5.91 Å². The average molecular weight is 278 g/mol. The van der Waals surface area contributed by atoms with Gasteiger partial charge in [-0.2, -0.15) is 0 Å². The van der Waals surface area contributed by atoms with Gasteiger partial charge in [-0.3, -0.25) is 4.79 Å². The molecule has 2 fully saturated rings. The van der Waals surface area contributed by atoms with Crippen LogP contribution in [0, 0.1) is 5.92 Å². The van der Waals surface area contributed by atoms with Gasteiger partial charge < -0.3 is 18.9 Å². The number of nitrogens with zero attached hydrogens (tertiary/aromatic N) is 2. The summed E-state index contributed by atoms with van der Waals surface area (Å²) in [7, 11) is 2.01. The Bertz CT molecular complexity index is 465. The van der Waals surface area contributed by atoms with E-state index in [0.717, 1.165) is 25.1 Å². The second kappa shape index (κ2) is 5.97. The lowest BCUT2D eigenvalue weighted by Crippen LogP contribution is -2.47. The molecule has 0 bridgehead atoms. The molecule has 5 nitrogen and oxygen atoms in total. The van der Waals surface area contributed by atoms with Crippen molar-refractivity contribution in [1.82, 2.24) is 9.47 Å². The van der Waals surface area contributed by atoms with E-state index in [1.807, 2.05) is 24.2 Å². The van der Waals surface area contributed by atoms with Crippen LogP contribution in [0.5, 0.6) is 0 Å². The molecule has 3 heterocycles. The van der Waals surface area contributed by atoms with E-state index in [-0.39, 0.29) is 17.9 Å². The Morgan fingerprint density at radius 2 is 2.15 bits per heavy atom. The Morgan fingerprint density at radius 1 is 1.30 bits per heavy atom. The highest BCUT2D eigenvalue weighted by Crippen LogP contribution is 2.27. The summed E-state index contributed by atoms with van der Waals surface area (Å²) < 4.78 is 13.1. The average Bonchev–Trinajstić information content (AvgIpc) is 2.93. The number of hydrogen-bond acceptors (Lipinski definition) is 3. The maximum Gasteiger partial charge on any atom is 0.228 e. The van der Waals surface area contributed by atoms with Gasteiger partial charge in [-0.25, -0.2) is 0 Å². The minimum absolute atomic E-state index is 0.0182. The normalized spacial score (nSPS) is 27.6.